The number of hydrogen-bond acceptors (Lipinski definition) is 4. The first kappa shape index (κ1) is 11.0. The number of rotatable bonds is 2. The smallest absolute Gasteiger partial charge is 0.222 e. The number of nitrogens with two attached hydrogens (primary N) is 1. The summed E-state index contributed by atoms with van der Waals surface area (Å²) in [5.74, 6) is 0.723. The van der Waals surface area contributed by atoms with Crippen LogP contribution in [0.2, 0.25) is 0 Å². The SMILES string of the molecule is Nc1ncnc2cc(CN3CCCC3=O)ccc12. The van der Waals surface area contributed by atoms with Crippen LogP contribution in [0.3, 0.4) is 0 Å². The van der Waals surface area contributed by atoms with Crippen LogP contribution in [-0.2, 0) is 11.3 Å². The van der Waals surface area contributed by atoms with Gasteiger partial charge in [0, 0.05) is 24.9 Å². The van der Waals surface area contributed by atoms with E-state index in [1.807, 2.05) is 23.1 Å². The second-order valence-corrected chi connectivity index (χ2v) is 4.53. The Morgan fingerprint density at radius 2 is 2.22 bits per heavy atom. The van der Waals surface area contributed by atoms with Gasteiger partial charge in [-0.15, -0.1) is 0 Å². The summed E-state index contributed by atoms with van der Waals surface area (Å²) in [5.41, 5.74) is 7.68. The molecule has 0 bridgehead atoms. The number of nitrogen functional groups attached to an aromatic ring is 1. The summed E-state index contributed by atoms with van der Waals surface area (Å²) in [6.45, 7) is 1.50. The van der Waals surface area contributed by atoms with Gasteiger partial charge in [-0.1, -0.05) is 6.07 Å². The van der Waals surface area contributed by atoms with E-state index in [1.165, 1.54) is 6.33 Å². The molecule has 1 aromatic carbocycles. The van der Waals surface area contributed by atoms with Crippen LogP contribution in [-0.4, -0.2) is 27.3 Å². The number of nitrogens with zero attached hydrogens (tertiary/aromatic N) is 3. The second-order valence-electron chi connectivity index (χ2n) is 4.53. The van der Waals surface area contributed by atoms with E-state index < -0.39 is 0 Å². The van der Waals surface area contributed by atoms with Gasteiger partial charge >= 0.3 is 0 Å². The molecular formula is C13H14N4O. The molecule has 3 rings (SSSR count). The number of fused-ring (bicyclic) bond motifs is 1. The molecule has 0 atom stereocenters. The van der Waals surface area contributed by atoms with E-state index in [9.17, 15) is 4.79 Å². The number of benzene rings is 1. The van der Waals surface area contributed by atoms with Gasteiger partial charge in [-0.3, -0.25) is 4.79 Å². The Labute approximate surface area is 105 Å². The van der Waals surface area contributed by atoms with Gasteiger partial charge < -0.3 is 10.6 Å². The van der Waals surface area contributed by atoms with Crippen molar-refractivity contribution in [3.63, 3.8) is 0 Å². The average Bonchev–Trinajstić information content (AvgIpc) is 2.75. The number of carbonyl (C=O) groups is 1. The molecule has 1 aliphatic rings. The number of aromatic nitrogens is 2. The molecule has 92 valence electrons. The summed E-state index contributed by atoms with van der Waals surface area (Å²) in [5, 5.41) is 0.856. The summed E-state index contributed by atoms with van der Waals surface area (Å²) in [6, 6.07) is 5.87. The normalized spacial score (nSPS) is 15.6. The topological polar surface area (TPSA) is 72.1 Å². The second kappa shape index (κ2) is 4.25. The maximum absolute atomic E-state index is 11.6. The molecular weight excluding hydrogens is 228 g/mol. The Morgan fingerprint density at radius 1 is 1.33 bits per heavy atom. The van der Waals surface area contributed by atoms with E-state index in [1.54, 1.807) is 0 Å². The predicted octanol–water partition coefficient (Wildman–Crippen LogP) is 1.33. The van der Waals surface area contributed by atoms with Crippen LogP contribution in [0, 0.1) is 0 Å². The minimum atomic E-state index is 0.234. The van der Waals surface area contributed by atoms with Crippen molar-refractivity contribution in [3.05, 3.63) is 30.1 Å². The van der Waals surface area contributed by atoms with Crippen LogP contribution >= 0.6 is 0 Å². The minimum absolute atomic E-state index is 0.234. The number of anilines is 1. The lowest BCUT2D eigenvalue weighted by Crippen LogP contribution is -2.23. The van der Waals surface area contributed by atoms with Crippen LogP contribution in [0.4, 0.5) is 5.82 Å². The van der Waals surface area contributed by atoms with Crippen molar-refractivity contribution in [2.24, 2.45) is 0 Å². The predicted molar refractivity (Wildman–Crippen MR) is 68.6 cm³/mol. The Kier molecular flexibility index (Phi) is 2.59. The fourth-order valence-electron chi connectivity index (χ4n) is 2.31. The van der Waals surface area contributed by atoms with Gasteiger partial charge in [-0.05, 0) is 24.1 Å². The molecule has 1 fully saturated rings. The molecule has 2 N–H and O–H groups in total. The third-order valence-corrected chi connectivity index (χ3v) is 3.28. The molecule has 0 radical (unpaired) electrons. The fourth-order valence-corrected chi connectivity index (χ4v) is 2.31. The highest BCUT2D eigenvalue weighted by Crippen LogP contribution is 2.20. The Balaban J connectivity index is 1.91. The number of amides is 1. The van der Waals surface area contributed by atoms with E-state index in [-0.39, 0.29) is 5.91 Å². The Morgan fingerprint density at radius 3 is 3.00 bits per heavy atom. The van der Waals surface area contributed by atoms with Gasteiger partial charge in [0.1, 0.15) is 12.1 Å². The third-order valence-electron chi connectivity index (χ3n) is 3.28. The van der Waals surface area contributed by atoms with Gasteiger partial charge in [-0.2, -0.15) is 0 Å². The maximum atomic E-state index is 11.6. The molecule has 0 spiro atoms. The molecule has 0 saturated carbocycles. The Hall–Kier alpha value is -2.17. The molecule has 0 aliphatic carbocycles. The van der Waals surface area contributed by atoms with Crippen molar-refractivity contribution < 1.29 is 4.79 Å². The lowest BCUT2D eigenvalue weighted by molar-refractivity contribution is -0.128. The largest absolute Gasteiger partial charge is 0.383 e. The first-order valence-corrected chi connectivity index (χ1v) is 6.01. The fraction of sp³-hybridized carbons (Fsp3) is 0.308. The molecule has 0 unspecified atom stereocenters. The summed E-state index contributed by atoms with van der Waals surface area (Å²) in [6.07, 6.45) is 3.09. The summed E-state index contributed by atoms with van der Waals surface area (Å²) in [4.78, 5) is 21.6. The van der Waals surface area contributed by atoms with Crippen LogP contribution in [0.15, 0.2) is 24.5 Å². The molecule has 1 saturated heterocycles. The molecule has 1 aliphatic heterocycles. The highest BCUT2D eigenvalue weighted by Gasteiger charge is 2.20. The van der Waals surface area contributed by atoms with Crippen molar-refractivity contribution in [1.29, 1.82) is 0 Å². The molecule has 1 aromatic heterocycles. The Bertz CT molecular complexity index is 611. The van der Waals surface area contributed by atoms with Crippen LogP contribution in [0.5, 0.6) is 0 Å². The summed E-state index contributed by atoms with van der Waals surface area (Å²) < 4.78 is 0. The molecule has 1 amide bonds. The van der Waals surface area contributed by atoms with E-state index in [2.05, 4.69) is 9.97 Å². The molecule has 2 heterocycles. The van der Waals surface area contributed by atoms with Gasteiger partial charge in [-0.25, -0.2) is 9.97 Å². The van der Waals surface area contributed by atoms with Crippen molar-refractivity contribution in [3.8, 4) is 0 Å². The van der Waals surface area contributed by atoms with Gasteiger partial charge in [0.25, 0.3) is 0 Å². The average molecular weight is 242 g/mol. The molecule has 5 heteroatoms. The highest BCUT2D eigenvalue weighted by molar-refractivity contribution is 5.88. The quantitative estimate of drug-likeness (QED) is 0.862. The van der Waals surface area contributed by atoms with Gasteiger partial charge in [0.2, 0.25) is 5.91 Å². The first-order chi connectivity index (χ1) is 8.74. The van der Waals surface area contributed by atoms with Crippen LogP contribution in [0.1, 0.15) is 18.4 Å². The maximum Gasteiger partial charge on any atom is 0.222 e. The lowest BCUT2D eigenvalue weighted by Gasteiger charge is -2.15. The van der Waals surface area contributed by atoms with Crippen molar-refractivity contribution >= 4 is 22.6 Å². The molecule has 2 aromatic rings. The van der Waals surface area contributed by atoms with Crippen LogP contribution in [0.25, 0.3) is 10.9 Å². The minimum Gasteiger partial charge on any atom is -0.383 e. The zero-order valence-corrected chi connectivity index (χ0v) is 9.97. The monoisotopic (exact) mass is 242 g/mol. The highest BCUT2D eigenvalue weighted by atomic mass is 16.2. The van der Waals surface area contributed by atoms with E-state index in [4.69, 9.17) is 5.73 Å². The zero-order chi connectivity index (χ0) is 12.5. The standard InChI is InChI=1S/C13H14N4O/c14-13-10-4-3-9(6-11(10)15-8-16-13)7-17-5-1-2-12(17)18/h3-4,6,8H,1-2,5,7H2,(H2,14,15,16). The van der Waals surface area contributed by atoms with Crippen LogP contribution < -0.4 is 5.73 Å². The number of likely N-dealkylation sites (tertiary alicyclic amines) is 1. The summed E-state index contributed by atoms with van der Waals surface area (Å²) >= 11 is 0. The van der Waals surface area contributed by atoms with Crippen molar-refractivity contribution in [1.82, 2.24) is 14.9 Å². The van der Waals surface area contributed by atoms with Crippen molar-refractivity contribution in [2.75, 3.05) is 12.3 Å². The van der Waals surface area contributed by atoms with Crippen molar-refractivity contribution in [2.45, 2.75) is 19.4 Å². The number of carbonyl (C=O) groups excluding carboxylic acids is 1. The van der Waals surface area contributed by atoms with E-state index >= 15 is 0 Å². The zero-order valence-electron chi connectivity index (χ0n) is 9.97. The van der Waals surface area contributed by atoms with E-state index in [0.717, 1.165) is 29.4 Å². The van der Waals surface area contributed by atoms with Gasteiger partial charge in [0.05, 0.1) is 5.52 Å². The third kappa shape index (κ3) is 1.88. The van der Waals surface area contributed by atoms with Gasteiger partial charge in [0.15, 0.2) is 0 Å². The lowest BCUT2D eigenvalue weighted by atomic mass is 10.1. The first-order valence-electron chi connectivity index (χ1n) is 6.01. The molecule has 18 heavy (non-hydrogen) atoms. The summed E-state index contributed by atoms with van der Waals surface area (Å²) in [7, 11) is 0. The number of hydrogen-bond donors (Lipinski definition) is 1. The van der Waals surface area contributed by atoms with E-state index in [0.29, 0.717) is 18.8 Å². The molecule has 5 nitrogen and oxygen atoms in total.